The number of carbonyl (C=O) groups is 1. The summed E-state index contributed by atoms with van der Waals surface area (Å²) in [5, 5.41) is 23.9. The summed E-state index contributed by atoms with van der Waals surface area (Å²) in [5.74, 6) is -0.623. The number of ether oxygens (including phenoxy) is 2. The Labute approximate surface area is 185 Å². The molecule has 0 aromatic rings. The van der Waals surface area contributed by atoms with Crippen LogP contribution in [0, 0.1) is 39.9 Å². The molecule has 5 heteroatoms. The van der Waals surface area contributed by atoms with E-state index in [9.17, 15) is 15.0 Å². The van der Waals surface area contributed by atoms with Crippen molar-refractivity contribution in [3.05, 3.63) is 23.3 Å². The van der Waals surface area contributed by atoms with E-state index in [1.54, 1.807) is 0 Å². The molecule has 1 aliphatic heterocycles. The molecule has 9 atom stereocenters. The van der Waals surface area contributed by atoms with E-state index in [4.69, 9.17) is 9.47 Å². The molecule has 2 bridgehead atoms. The van der Waals surface area contributed by atoms with Gasteiger partial charge in [-0.1, -0.05) is 53.7 Å². The number of fused-ring (bicyclic) bond motifs is 5. The number of hydrogen-bond acceptors (Lipinski definition) is 5. The summed E-state index contributed by atoms with van der Waals surface area (Å²) in [6.45, 7) is 16.7. The van der Waals surface area contributed by atoms with Crippen LogP contribution in [0.1, 0.15) is 61.8 Å². The number of aliphatic hydroxyl groups excluding tert-OH is 1. The van der Waals surface area contributed by atoms with Gasteiger partial charge >= 0.3 is 0 Å². The number of allylic oxidation sites excluding steroid dienone is 1. The summed E-state index contributed by atoms with van der Waals surface area (Å²) in [6, 6.07) is 0. The quantitative estimate of drug-likeness (QED) is 0.574. The zero-order chi connectivity index (χ0) is 22.9. The van der Waals surface area contributed by atoms with E-state index in [0.29, 0.717) is 18.1 Å². The fourth-order valence-corrected chi connectivity index (χ4v) is 7.43. The molecule has 0 aromatic heterocycles. The zero-order valence-corrected chi connectivity index (χ0v) is 20.2. The van der Waals surface area contributed by atoms with E-state index in [2.05, 4.69) is 20.8 Å². The topological polar surface area (TPSA) is 76.0 Å². The highest BCUT2D eigenvalue weighted by molar-refractivity contribution is 5.95. The van der Waals surface area contributed by atoms with Gasteiger partial charge in [-0.2, -0.15) is 0 Å². The molecule has 3 unspecified atom stereocenters. The van der Waals surface area contributed by atoms with E-state index in [1.807, 2.05) is 46.8 Å². The van der Waals surface area contributed by atoms with Gasteiger partial charge in [0.05, 0.1) is 12.0 Å². The number of rotatable bonds is 0. The van der Waals surface area contributed by atoms with Crippen LogP contribution in [-0.2, 0) is 14.3 Å². The average Bonchev–Trinajstić information content (AvgIpc) is 3.16. The van der Waals surface area contributed by atoms with E-state index in [0.717, 1.165) is 12.0 Å². The first-order valence-electron chi connectivity index (χ1n) is 11.8. The first kappa shape index (κ1) is 21.8. The Hall–Kier alpha value is -1.01. The Morgan fingerprint density at radius 3 is 2.45 bits per heavy atom. The summed E-state index contributed by atoms with van der Waals surface area (Å²) >= 11 is 0. The molecule has 1 heterocycles. The van der Waals surface area contributed by atoms with Crippen molar-refractivity contribution >= 4 is 5.78 Å². The third-order valence-corrected chi connectivity index (χ3v) is 9.94. The number of aliphatic hydroxyl groups is 2. The highest BCUT2D eigenvalue weighted by Gasteiger charge is 2.76. The van der Waals surface area contributed by atoms with Gasteiger partial charge in [0.2, 0.25) is 0 Å². The van der Waals surface area contributed by atoms with Crippen molar-refractivity contribution in [1.29, 1.82) is 0 Å². The Bertz CT molecular complexity index is 909. The lowest BCUT2D eigenvalue weighted by Crippen LogP contribution is -2.69. The molecule has 0 radical (unpaired) electrons. The number of hydrogen-bond donors (Lipinski definition) is 2. The molecule has 1 saturated heterocycles. The predicted molar refractivity (Wildman–Crippen MR) is 117 cm³/mol. The third-order valence-electron chi connectivity index (χ3n) is 9.94. The maximum absolute atomic E-state index is 14.3. The number of Topliss-reactive ketones (excluding diaryl/α,β-unsaturated/α-hetero) is 1. The Kier molecular flexibility index (Phi) is 4.16. The van der Waals surface area contributed by atoms with Crippen LogP contribution in [0.25, 0.3) is 0 Å². The summed E-state index contributed by atoms with van der Waals surface area (Å²) in [7, 11) is 0. The van der Waals surface area contributed by atoms with Crippen LogP contribution in [0.5, 0.6) is 0 Å². The van der Waals surface area contributed by atoms with Gasteiger partial charge in [0, 0.05) is 11.3 Å². The molecule has 4 aliphatic carbocycles. The SMILES string of the molecule is CC1=CC23C(=O)C(C=C4COC(C)(C(C)(C)C)O[C@H]4[C@]2(O)[C@H]1O)[C@H]1[C@@H](C[C@H]3C)C1(C)C. The van der Waals surface area contributed by atoms with Gasteiger partial charge in [0.1, 0.15) is 17.8 Å². The molecule has 2 saturated carbocycles. The van der Waals surface area contributed by atoms with Gasteiger partial charge in [0.25, 0.3) is 0 Å². The second kappa shape index (κ2) is 5.91. The summed E-state index contributed by atoms with van der Waals surface area (Å²) in [6.07, 6.45) is 2.83. The minimum atomic E-state index is -1.74. The largest absolute Gasteiger partial charge is 0.386 e. The van der Waals surface area contributed by atoms with Crippen LogP contribution in [0.3, 0.4) is 0 Å². The Morgan fingerprint density at radius 2 is 1.84 bits per heavy atom. The highest BCUT2D eigenvalue weighted by Crippen LogP contribution is 2.72. The average molecular weight is 431 g/mol. The van der Waals surface area contributed by atoms with Gasteiger partial charge in [-0.15, -0.1) is 0 Å². The molecule has 0 amide bonds. The number of carbonyl (C=O) groups excluding carboxylic acids is 1. The fourth-order valence-electron chi connectivity index (χ4n) is 7.43. The maximum Gasteiger partial charge on any atom is 0.171 e. The Morgan fingerprint density at radius 1 is 1.19 bits per heavy atom. The molecule has 0 aromatic carbocycles. The van der Waals surface area contributed by atoms with E-state index >= 15 is 0 Å². The second-order valence-corrected chi connectivity index (χ2v) is 12.7. The van der Waals surface area contributed by atoms with Crippen LogP contribution in [0.2, 0.25) is 0 Å². The lowest BCUT2D eigenvalue weighted by atomic mass is 9.58. The Balaban J connectivity index is 1.74. The summed E-state index contributed by atoms with van der Waals surface area (Å²) in [4.78, 5) is 14.3. The molecule has 1 spiro atoms. The summed E-state index contributed by atoms with van der Waals surface area (Å²) in [5.41, 5.74) is -1.72. The molecule has 5 aliphatic rings. The van der Waals surface area contributed by atoms with Gasteiger partial charge in [-0.05, 0) is 54.6 Å². The highest BCUT2D eigenvalue weighted by atomic mass is 16.7. The van der Waals surface area contributed by atoms with Gasteiger partial charge in [-0.25, -0.2) is 0 Å². The van der Waals surface area contributed by atoms with Gasteiger partial charge in [-0.3, -0.25) is 4.79 Å². The van der Waals surface area contributed by atoms with E-state index in [1.165, 1.54) is 0 Å². The van der Waals surface area contributed by atoms with Crippen molar-refractivity contribution < 1.29 is 24.5 Å². The third kappa shape index (κ3) is 2.34. The van der Waals surface area contributed by atoms with Gasteiger partial charge < -0.3 is 19.7 Å². The number of ketones is 1. The van der Waals surface area contributed by atoms with Crippen molar-refractivity contribution in [2.75, 3.05) is 6.61 Å². The first-order valence-corrected chi connectivity index (χ1v) is 11.8. The first-order chi connectivity index (χ1) is 14.1. The second-order valence-electron chi connectivity index (χ2n) is 12.7. The lowest BCUT2D eigenvalue weighted by molar-refractivity contribution is -0.343. The van der Waals surface area contributed by atoms with Crippen molar-refractivity contribution in [1.82, 2.24) is 0 Å². The standard InChI is InChI=1S/C26H38O5/c1-13-11-25-14(2)9-17-18(23(17,6)7)16(20(25)28)10-15-12-30-24(8,22(3,4)5)31-21(15)26(25,29)19(13)27/h10-11,14,16-19,21,27,29H,9,12H2,1-8H3/t14-,16?,17-,18+,19+,21-,24?,25?,26-/m1/s1. The lowest BCUT2D eigenvalue weighted by Gasteiger charge is -2.55. The molecule has 5 rings (SSSR count). The fraction of sp³-hybridized carbons (Fsp3) is 0.808. The minimum absolute atomic E-state index is 0.0411. The summed E-state index contributed by atoms with van der Waals surface area (Å²) < 4.78 is 12.9. The van der Waals surface area contributed by atoms with Crippen molar-refractivity contribution in [3.63, 3.8) is 0 Å². The smallest absolute Gasteiger partial charge is 0.171 e. The minimum Gasteiger partial charge on any atom is -0.386 e. The molecule has 5 nitrogen and oxygen atoms in total. The van der Waals surface area contributed by atoms with Crippen LogP contribution in [0.4, 0.5) is 0 Å². The van der Waals surface area contributed by atoms with Crippen molar-refractivity contribution in [3.8, 4) is 0 Å². The van der Waals surface area contributed by atoms with Crippen LogP contribution >= 0.6 is 0 Å². The molecular formula is C26H38O5. The van der Waals surface area contributed by atoms with E-state index in [-0.39, 0.29) is 34.4 Å². The van der Waals surface area contributed by atoms with Crippen LogP contribution in [-0.4, -0.2) is 46.2 Å². The zero-order valence-electron chi connectivity index (χ0n) is 20.2. The predicted octanol–water partition coefficient (Wildman–Crippen LogP) is 3.64. The van der Waals surface area contributed by atoms with Gasteiger partial charge in [0.15, 0.2) is 11.6 Å². The molecular weight excluding hydrogens is 392 g/mol. The molecule has 2 N–H and O–H groups in total. The molecule has 172 valence electrons. The monoisotopic (exact) mass is 430 g/mol. The molecule has 3 fully saturated rings. The maximum atomic E-state index is 14.3. The van der Waals surface area contributed by atoms with Crippen LogP contribution in [0.15, 0.2) is 23.3 Å². The molecule has 31 heavy (non-hydrogen) atoms. The normalized spacial score (nSPS) is 52.8. The van der Waals surface area contributed by atoms with Crippen molar-refractivity contribution in [2.24, 2.45) is 39.9 Å². The van der Waals surface area contributed by atoms with Crippen molar-refractivity contribution in [2.45, 2.75) is 85.4 Å². The van der Waals surface area contributed by atoms with Crippen LogP contribution < -0.4 is 0 Å². The van der Waals surface area contributed by atoms with E-state index < -0.39 is 29.0 Å².